The molecule has 3 aliphatic rings. The van der Waals surface area contributed by atoms with Crippen molar-refractivity contribution in [2.24, 2.45) is 0 Å². The molecule has 2 atom stereocenters. The van der Waals surface area contributed by atoms with Crippen LogP contribution < -0.4 is 29.9 Å². The number of carboxylic acid groups (broad SMARTS) is 2. The molecule has 242 valence electrons. The first kappa shape index (κ1) is 31.4. The third-order valence-corrected chi connectivity index (χ3v) is 8.07. The van der Waals surface area contributed by atoms with Crippen molar-refractivity contribution in [2.45, 2.75) is 37.4 Å². The number of anilines is 1. The minimum absolute atomic E-state index is 0.0647. The Kier molecular flexibility index (Phi) is 7.51. The molecule has 6 rings (SSSR count). The van der Waals surface area contributed by atoms with E-state index in [2.05, 4.69) is 0 Å². The molecule has 3 aromatic rings. The van der Waals surface area contributed by atoms with Crippen LogP contribution in [0.25, 0.3) is 5.57 Å². The van der Waals surface area contributed by atoms with Crippen molar-refractivity contribution in [1.82, 2.24) is 4.58 Å². The number of aliphatic hydroxyl groups excluding tert-OH is 2. The number of carbonyl (C=O) groups excluding carboxylic acids is 1. The van der Waals surface area contributed by atoms with E-state index in [1.165, 1.54) is 24.3 Å². The molecule has 3 N–H and O–H groups in total. The van der Waals surface area contributed by atoms with Gasteiger partial charge in [-0.25, -0.2) is 9.37 Å². The summed E-state index contributed by atoms with van der Waals surface area (Å²) in [5.74, 6) is -3.22. The first-order valence-electron chi connectivity index (χ1n) is 14.0. The van der Waals surface area contributed by atoms with E-state index in [1.54, 1.807) is 0 Å². The highest BCUT2D eigenvalue weighted by Crippen LogP contribution is 2.43. The highest BCUT2D eigenvalue weighted by molar-refractivity contribution is 6.00. The Labute approximate surface area is 255 Å². The summed E-state index contributed by atoms with van der Waals surface area (Å²) in [6.07, 6.45) is -11.8. The minimum Gasteiger partial charge on any atom is -0.545 e. The molecular weight excluding hydrogens is 626 g/mol. The number of benzene rings is 3. The summed E-state index contributed by atoms with van der Waals surface area (Å²) in [5.41, 5.74) is -0.0463. The molecule has 0 saturated heterocycles. The van der Waals surface area contributed by atoms with Crippen LogP contribution in [0.3, 0.4) is 0 Å². The summed E-state index contributed by atoms with van der Waals surface area (Å²) in [5, 5.41) is 43.0. The molecule has 0 saturated carbocycles. The fraction of sp³-hybridized carbons (Fsp3) is 0.323. The predicted molar refractivity (Wildman–Crippen MR) is 146 cm³/mol. The van der Waals surface area contributed by atoms with Gasteiger partial charge in [-0.2, -0.15) is 26.3 Å². The average molecular weight is 651 g/mol. The van der Waals surface area contributed by atoms with Gasteiger partial charge in [-0.3, -0.25) is 0 Å². The van der Waals surface area contributed by atoms with Crippen LogP contribution >= 0.6 is 0 Å². The van der Waals surface area contributed by atoms with Crippen LogP contribution in [0.2, 0.25) is 0 Å². The van der Waals surface area contributed by atoms with E-state index >= 15 is 0 Å². The summed E-state index contributed by atoms with van der Waals surface area (Å²) in [6.45, 7) is -3.50. The molecule has 0 amide bonds. The van der Waals surface area contributed by atoms with E-state index < -0.39 is 55.2 Å². The molecule has 0 radical (unpaired) electrons. The number of aliphatic hydroxyl groups is 2. The highest BCUT2D eigenvalue weighted by Gasteiger charge is 2.39. The summed E-state index contributed by atoms with van der Waals surface area (Å²) < 4.78 is 87.9. The molecule has 0 spiro atoms. The number of fused-ring (bicyclic) bond motifs is 4. The van der Waals surface area contributed by atoms with Crippen LogP contribution in [0.1, 0.15) is 43.0 Å². The fourth-order valence-corrected chi connectivity index (χ4v) is 6.40. The van der Waals surface area contributed by atoms with Crippen molar-refractivity contribution in [2.75, 3.05) is 31.1 Å². The monoisotopic (exact) mass is 650 g/mol. The molecule has 3 aliphatic heterocycles. The number of hydrogen-bond donors (Lipinski definition) is 3. The van der Waals surface area contributed by atoms with Gasteiger partial charge in [0.1, 0.15) is 24.1 Å². The van der Waals surface area contributed by atoms with Gasteiger partial charge in [0.05, 0.1) is 23.7 Å². The second-order valence-corrected chi connectivity index (χ2v) is 11.5. The number of aromatic carboxylic acids is 2. The van der Waals surface area contributed by atoms with E-state index in [0.29, 0.717) is 0 Å². The van der Waals surface area contributed by atoms with Crippen LogP contribution in [0.4, 0.5) is 32.0 Å². The molecule has 0 unspecified atom stereocenters. The average Bonchev–Trinajstić information content (AvgIpc) is 2.92. The zero-order valence-corrected chi connectivity index (χ0v) is 23.6. The Bertz CT molecular complexity index is 1920. The van der Waals surface area contributed by atoms with Crippen LogP contribution in [0.5, 0.6) is 11.5 Å². The van der Waals surface area contributed by atoms with E-state index in [4.69, 9.17) is 4.74 Å². The van der Waals surface area contributed by atoms with E-state index in [1.807, 2.05) is 0 Å². The quantitative estimate of drug-likeness (QED) is 0.218. The Balaban J connectivity index is 1.70. The van der Waals surface area contributed by atoms with Crippen LogP contribution in [-0.2, 0) is 12.8 Å². The standard InChI is InChI=1S/C31H24F6N2O7/c32-30(33,34)12-38-10-17(40)3-15-6-21-25(8-23(15)38)46-26-9-24-16(4-18(41)11-39(24)13-31(35,36)37)7-22(26)27(21)20-5-14(28(42)43)1-2-19(20)29(44)45/h1-2,5-9,17-18,40-41H,3-4,10-13H2,(H-,42,43,44,45)/t17-,18+. The maximum absolute atomic E-state index is 13.5. The number of rotatable bonds is 5. The zero-order chi connectivity index (χ0) is 33.3. The maximum atomic E-state index is 13.5. The molecule has 3 aromatic carbocycles. The van der Waals surface area contributed by atoms with Gasteiger partial charge in [-0.05, 0) is 41.0 Å². The fourth-order valence-electron chi connectivity index (χ4n) is 6.40. The number of carboxylic acids is 2. The van der Waals surface area contributed by atoms with Gasteiger partial charge in [-0.1, -0.05) is 6.07 Å². The number of β-amino-alcohol motifs (C(OH)–C–C–N with tert-alkyl or cyclic N) is 2. The van der Waals surface area contributed by atoms with Crippen molar-refractivity contribution >= 4 is 23.2 Å². The number of halogens is 6. The molecular formula is C31H24F6N2O7. The number of nitrogens with zero attached hydrogens (tertiary/aromatic N) is 2. The molecule has 3 heterocycles. The second kappa shape index (κ2) is 11.0. The Morgan fingerprint density at radius 1 is 0.913 bits per heavy atom. The lowest BCUT2D eigenvalue weighted by Crippen LogP contribution is -2.48. The second-order valence-electron chi connectivity index (χ2n) is 11.5. The zero-order valence-electron chi connectivity index (χ0n) is 23.6. The molecule has 9 nitrogen and oxygen atoms in total. The molecule has 15 heteroatoms. The van der Waals surface area contributed by atoms with E-state index in [9.17, 15) is 56.4 Å². The molecule has 0 bridgehead atoms. The summed E-state index contributed by atoms with van der Waals surface area (Å²) in [4.78, 5) is 25.1. The molecule has 46 heavy (non-hydrogen) atoms. The number of carbonyl (C=O) groups is 2. The number of alkyl halides is 6. The summed E-state index contributed by atoms with van der Waals surface area (Å²) in [7, 11) is 0. The van der Waals surface area contributed by atoms with Gasteiger partial charge in [0.15, 0.2) is 6.54 Å². The van der Waals surface area contributed by atoms with Crippen LogP contribution in [-0.4, -0.2) is 78.0 Å². The first-order chi connectivity index (χ1) is 21.5. The highest BCUT2D eigenvalue weighted by atomic mass is 19.4. The summed E-state index contributed by atoms with van der Waals surface area (Å²) in [6, 6.07) is 8.55. The van der Waals surface area contributed by atoms with Gasteiger partial charge in [0, 0.05) is 53.1 Å². The minimum atomic E-state index is -4.64. The van der Waals surface area contributed by atoms with E-state index in [0.717, 1.165) is 27.7 Å². The van der Waals surface area contributed by atoms with Crippen molar-refractivity contribution in [3.63, 3.8) is 0 Å². The largest absolute Gasteiger partial charge is 0.545 e. The lowest BCUT2D eigenvalue weighted by Gasteiger charge is -2.36. The lowest BCUT2D eigenvalue weighted by molar-refractivity contribution is -0.255. The number of hydrogen-bond acceptors (Lipinski definition) is 7. The molecule has 0 fully saturated rings. The number of ether oxygens (including phenoxy) is 1. The van der Waals surface area contributed by atoms with Crippen LogP contribution in [0, 0.1) is 0 Å². The van der Waals surface area contributed by atoms with Crippen molar-refractivity contribution < 1.29 is 61.1 Å². The van der Waals surface area contributed by atoms with Gasteiger partial charge in [0.2, 0.25) is 11.9 Å². The van der Waals surface area contributed by atoms with Crippen molar-refractivity contribution in [1.29, 1.82) is 0 Å². The smallest absolute Gasteiger partial charge is 0.448 e. The van der Waals surface area contributed by atoms with Gasteiger partial charge >= 0.3 is 18.3 Å². The maximum Gasteiger partial charge on any atom is 0.448 e. The Morgan fingerprint density at radius 3 is 2.28 bits per heavy atom. The summed E-state index contributed by atoms with van der Waals surface area (Å²) >= 11 is 0. The molecule has 0 aliphatic carbocycles. The predicted octanol–water partition coefficient (Wildman–Crippen LogP) is 1.36. The third-order valence-electron chi connectivity index (χ3n) is 8.07. The van der Waals surface area contributed by atoms with Crippen molar-refractivity contribution in [3.8, 4) is 11.5 Å². The van der Waals surface area contributed by atoms with Gasteiger partial charge in [0.25, 0.3) is 0 Å². The Hall–Kier alpha value is -4.63. The topological polar surface area (TPSA) is 133 Å². The lowest BCUT2D eigenvalue weighted by atomic mass is 9.85. The normalized spacial score (nSPS) is 19.1. The SMILES string of the molecule is O=C([O-])c1ccc(C(=O)O)c(C2=c3cc4c(cc3Oc3cc5c(cc32)C[C@@H](O)CN5CC(F)(F)F)=[N+](CC(F)(F)F)C[C@@H](O)C4)c1. The van der Waals surface area contributed by atoms with Crippen LogP contribution in [0.15, 0.2) is 42.5 Å². The molecule has 0 aromatic heterocycles. The van der Waals surface area contributed by atoms with Crippen molar-refractivity contribution in [3.05, 3.63) is 86.4 Å². The van der Waals surface area contributed by atoms with E-state index in [-0.39, 0.29) is 87.1 Å². The van der Waals surface area contributed by atoms with Gasteiger partial charge < -0.3 is 34.9 Å². The third kappa shape index (κ3) is 5.99. The van der Waals surface area contributed by atoms with Gasteiger partial charge in [-0.15, -0.1) is 0 Å². The first-order valence-corrected chi connectivity index (χ1v) is 14.0. The Morgan fingerprint density at radius 2 is 1.63 bits per heavy atom.